The van der Waals surface area contributed by atoms with Gasteiger partial charge in [-0.2, -0.15) is 0 Å². The molecule has 1 nitrogen and oxygen atoms in total. The zero-order valence-corrected chi connectivity index (χ0v) is 31.1. The largest absolute Gasteiger partial charge is 0.354 e. The fourth-order valence-corrected chi connectivity index (χ4v) is 9.63. The van der Waals surface area contributed by atoms with Crippen LogP contribution in [-0.4, -0.2) is 4.98 Å². The minimum Gasteiger partial charge on any atom is -0.354 e. The molecule has 0 aliphatic carbocycles. The lowest BCUT2D eigenvalue weighted by Gasteiger charge is -2.18. The Morgan fingerprint density at radius 1 is 0.263 bits per heavy atom. The number of hydrogen-bond donors (Lipinski definition) is 1. The Hall–Kier alpha value is -7.48. The lowest BCUT2D eigenvalue weighted by atomic mass is 9.85. The van der Waals surface area contributed by atoms with Gasteiger partial charge in [0, 0.05) is 21.7 Å². The Kier molecular flexibility index (Phi) is 7.00. The molecule has 11 aromatic carbocycles. The zero-order chi connectivity index (χ0) is 37.5. The zero-order valence-electron chi connectivity index (χ0n) is 31.1. The summed E-state index contributed by atoms with van der Waals surface area (Å²) in [6.07, 6.45) is 0. The maximum Gasteiger partial charge on any atom is 0.0551 e. The highest BCUT2D eigenvalue weighted by Gasteiger charge is 2.18. The molecule has 0 saturated heterocycles. The van der Waals surface area contributed by atoms with Crippen molar-refractivity contribution in [1.82, 2.24) is 4.98 Å². The van der Waals surface area contributed by atoms with Gasteiger partial charge in [0.05, 0.1) is 5.52 Å². The van der Waals surface area contributed by atoms with Crippen LogP contribution in [0.5, 0.6) is 0 Å². The molecule has 57 heavy (non-hydrogen) atoms. The van der Waals surface area contributed by atoms with Crippen molar-refractivity contribution in [1.29, 1.82) is 0 Å². The molecule has 1 aromatic heterocycles. The fraction of sp³-hybridized carbons (Fsp3) is 0. The standard InChI is InChI=1S/C56H35N/c1-2-17-41-35(13-1)14-12-26-42(41)36-27-29-37(30-28-36)53-46-21-6-8-23-48(46)54(49-24-9-7-22-47(49)53)40-16-11-15-38(33-40)39-31-32-51-52(34-39)57-56-50-25-10-4-19-44(50)43-18-3-5-20-45(43)55(51)56/h1-34,57H. The van der Waals surface area contributed by atoms with Gasteiger partial charge in [-0.1, -0.05) is 194 Å². The summed E-state index contributed by atoms with van der Waals surface area (Å²) in [4.78, 5) is 3.86. The molecule has 0 saturated carbocycles. The maximum atomic E-state index is 3.86. The number of benzene rings is 11. The Balaban J connectivity index is 1.01. The van der Waals surface area contributed by atoms with E-state index in [1.807, 2.05) is 0 Å². The van der Waals surface area contributed by atoms with E-state index in [0.717, 1.165) is 5.52 Å². The highest BCUT2D eigenvalue weighted by Crippen LogP contribution is 2.45. The Morgan fingerprint density at radius 2 is 0.737 bits per heavy atom. The summed E-state index contributed by atoms with van der Waals surface area (Å²) in [5.74, 6) is 0. The quantitative estimate of drug-likeness (QED) is 0.138. The van der Waals surface area contributed by atoms with Crippen molar-refractivity contribution >= 4 is 75.7 Å². The smallest absolute Gasteiger partial charge is 0.0551 e. The third-order valence-electron chi connectivity index (χ3n) is 12.2. The van der Waals surface area contributed by atoms with Gasteiger partial charge in [0.2, 0.25) is 0 Å². The molecule has 0 atom stereocenters. The van der Waals surface area contributed by atoms with Crippen molar-refractivity contribution in [3.8, 4) is 44.5 Å². The molecule has 0 radical (unpaired) electrons. The summed E-state index contributed by atoms with van der Waals surface area (Å²) in [5, 5.41) is 15.2. The molecule has 12 aromatic rings. The third-order valence-corrected chi connectivity index (χ3v) is 12.2. The molecule has 12 rings (SSSR count). The SMILES string of the molecule is c1cc(-c2ccc3c(c2)[nH]c2c4ccccc4c4ccccc4c32)cc(-c2c3ccccc3c(-c3ccc(-c4cccc5ccccc45)cc3)c3ccccc23)c1. The second-order valence-electron chi connectivity index (χ2n) is 15.3. The van der Waals surface area contributed by atoms with E-state index in [4.69, 9.17) is 0 Å². The van der Waals surface area contributed by atoms with Crippen LogP contribution in [0.3, 0.4) is 0 Å². The van der Waals surface area contributed by atoms with Crippen LogP contribution in [0.1, 0.15) is 0 Å². The molecule has 1 heteroatoms. The van der Waals surface area contributed by atoms with Gasteiger partial charge < -0.3 is 4.98 Å². The van der Waals surface area contributed by atoms with E-state index in [1.165, 1.54) is 115 Å². The van der Waals surface area contributed by atoms with Crippen LogP contribution < -0.4 is 0 Å². The molecule has 0 bridgehead atoms. The van der Waals surface area contributed by atoms with E-state index in [9.17, 15) is 0 Å². The molecule has 0 fully saturated rings. The summed E-state index contributed by atoms with van der Waals surface area (Å²) in [7, 11) is 0. The number of rotatable bonds is 4. The van der Waals surface area contributed by atoms with Crippen molar-refractivity contribution in [2.45, 2.75) is 0 Å². The van der Waals surface area contributed by atoms with Crippen LogP contribution in [0, 0.1) is 0 Å². The molecule has 264 valence electrons. The predicted molar refractivity (Wildman–Crippen MR) is 245 cm³/mol. The number of aromatic amines is 1. The summed E-state index contributed by atoms with van der Waals surface area (Å²) in [6, 6.07) is 75.9. The van der Waals surface area contributed by atoms with Crippen molar-refractivity contribution in [3.63, 3.8) is 0 Å². The van der Waals surface area contributed by atoms with Gasteiger partial charge >= 0.3 is 0 Å². The maximum absolute atomic E-state index is 3.86. The first-order chi connectivity index (χ1) is 28.3. The summed E-state index contributed by atoms with van der Waals surface area (Å²) < 4.78 is 0. The van der Waals surface area contributed by atoms with E-state index in [0.29, 0.717) is 0 Å². The second-order valence-corrected chi connectivity index (χ2v) is 15.3. The topological polar surface area (TPSA) is 15.8 Å². The van der Waals surface area contributed by atoms with Crippen LogP contribution in [0.2, 0.25) is 0 Å². The second kappa shape index (κ2) is 12.5. The normalized spacial score (nSPS) is 11.9. The minimum atomic E-state index is 1.15. The molecule has 0 aliphatic heterocycles. The molecule has 0 aliphatic rings. The number of fused-ring (bicyclic) bond motifs is 11. The molecule has 0 amide bonds. The number of hydrogen-bond acceptors (Lipinski definition) is 0. The molecule has 0 spiro atoms. The monoisotopic (exact) mass is 721 g/mol. The van der Waals surface area contributed by atoms with Crippen LogP contribution in [-0.2, 0) is 0 Å². The first-order valence-electron chi connectivity index (χ1n) is 19.8. The van der Waals surface area contributed by atoms with Crippen molar-refractivity contribution in [3.05, 3.63) is 206 Å². The Bertz CT molecular complexity index is 3510. The van der Waals surface area contributed by atoms with Gasteiger partial charge in [-0.3, -0.25) is 0 Å². The molecule has 0 unspecified atom stereocenters. The summed E-state index contributed by atoms with van der Waals surface area (Å²) >= 11 is 0. The Labute approximate surface area is 330 Å². The number of aromatic nitrogens is 1. The molecular formula is C56H35N. The predicted octanol–water partition coefficient (Wildman–Crippen LogP) is 15.8. The summed E-state index contributed by atoms with van der Waals surface area (Å²) in [6.45, 7) is 0. The van der Waals surface area contributed by atoms with Crippen molar-refractivity contribution in [2.24, 2.45) is 0 Å². The minimum absolute atomic E-state index is 1.15. The first kappa shape index (κ1) is 31.8. The first-order valence-corrected chi connectivity index (χ1v) is 19.8. The fourth-order valence-electron chi connectivity index (χ4n) is 9.63. The molecular weight excluding hydrogens is 687 g/mol. The van der Waals surface area contributed by atoms with Crippen LogP contribution >= 0.6 is 0 Å². The Morgan fingerprint density at radius 3 is 1.44 bits per heavy atom. The molecule has 1 N–H and O–H groups in total. The van der Waals surface area contributed by atoms with Crippen molar-refractivity contribution < 1.29 is 0 Å². The number of nitrogens with one attached hydrogen (secondary N) is 1. The lowest BCUT2D eigenvalue weighted by molar-refractivity contribution is 1.55. The van der Waals surface area contributed by atoms with Crippen molar-refractivity contribution in [2.75, 3.05) is 0 Å². The average Bonchev–Trinajstić information content (AvgIpc) is 3.68. The highest BCUT2D eigenvalue weighted by atomic mass is 14.7. The average molecular weight is 722 g/mol. The van der Waals surface area contributed by atoms with Gasteiger partial charge in [-0.25, -0.2) is 0 Å². The van der Waals surface area contributed by atoms with Gasteiger partial charge in [-0.05, 0) is 105 Å². The van der Waals surface area contributed by atoms with Crippen LogP contribution in [0.25, 0.3) is 120 Å². The third kappa shape index (κ3) is 4.89. The van der Waals surface area contributed by atoms with E-state index in [-0.39, 0.29) is 0 Å². The van der Waals surface area contributed by atoms with Gasteiger partial charge in [0.1, 0.15) is 0 Å². The molecule has 1 heterocycles. The van der Waals surface area contributed by atoms with Crippen LogP contribution in [0.15, 0.2) is 206 Å². The number of H-pyrrole nitrogens is 1. The van der Waals surface area contributed by atoms with Gasteiger partial charge in [0.25, 0.3) is 0 Å². The van der Waals surface area contributed by atoms with Gasteiger partial charge in [-0.15, -0.1) is 0 Å². The van der Waals surface area contributed by atoms with E-state index >= 15 is 0 Å². The van der Waals surface area contributed by atoms with E-state index < -0.39 is 0 Å². The lowest BCUT2D eigenvalue weighted by Crippen LogP contribution is -1.91. The highest BCUT2D eigenvalue weighted by molar-refractivity contribution is 6.31. The van der Waals surface area contributed by atoms with Crippen LogP contribution in [0.4, 0.5) is 0 Å². The van der Waals surface area contributed by atoms with Gasteiger partial charge in [0.15, 0.2) is 0 Å². The van der Waals surface area contributed by atoms with E-state index in [2.05, 4.69) is 211 Å². The van der Waals surface area contributed by atoms with E-state index in [1.54, 1.807) is 0 Å². The summed E-state index contributed by atoms with van der Waals surface area (Å²) in [5.41, 5.74) is 12.2.